The molecule has 0 amide bonds. The van der Waals surface area contributed by atoms with Crippen LogP contribution in [0, 0.1) is 0 Å². The van der Waals surface area contributed by atoms with Gasteiger partial charge in [-0.25, -0.2) is 0 Å². The maximum absolute atomic E-state index is 5.98. The summed E-state index contributed by atoms with van der Waals surface area (Å²) in [6.45, 7) is 10.5. The maximum atomic E-state index is 5.98. The molecule has 0 radical (unpaired) electrons. The van der Waals surface area contributed by atoms with Crippen LogP contribution in [-0.4, -0.2) is 43.3 Å². The van der Waals surface area contributed by atoms with Gasteiger partial charge in [0, 0.05) is 19.6 Å². The third-order valence-electron chi connectivity index (χ3n) is 3.19. The molecule has 1 aliphatic rings. The lowest BCUT2D eigenvalue weighted by molar-refractivity contribution is -0.0876. The highest BCUT2D eigenvalue weighted by Gasteiger charge is 2.24. The van der Waals surface area contributed by atoms with Crippen LogP contribution in [0.5, 0.6) is 0 Å². The van der Waals surface area contributed by atoms with Crippen molar-refractivity contribution in [3.8, 4) is 0 Å². The molecule has 2 atom stereocenters. The minimum absolute atomic E-state index is 0.421. The zero-order valence-corrected chi connectivity index (χ0v) is 11.5. The van der Waals surface area contributed by atoms with E-state index >= 15 is 0 Å². The summed E-state index contributed by atoms with van der Waals surface area (Å²) in [7, 11) is 0. The van der Waals surface area contributed by atoms with E-state index in [9.17, 15) is 0 Å². The van der Waals surface area contributed by atoms with Crippen LogP contribution >= 0.6 is 0 Å². The van der Waals surface area contributed by atoms with Gasteiger partial charge in [-0.1, -0.05) is 19.9 Å². The van der Waals surface area contributed by atoms with Crippen LogP contribution in [0.3, 0.4) is 0 Å². The Hall–Kier alpha value is -0.540. The van der Waals surface area contributed by atoms with Crippen LogP contribution in [-0.2, 0) is 9.47 Å². The SMILES string of the molecule is C/C=C\OCCCN1C[C@@H](CC)O[C@@H](CC)C1. The maximum Gasteiger partial charge on any atom is 0.0885 e. The first-order valence-corrected chi connectivity index (χ1v) is 6.90. The Kier molecular flexibility index (Phi) is 7.29. The molecule has 1 rings (SSSR count). The molecule has 0 saturated carbocycles. The number of allylic oxidation sites excluding steroid dienone is 1. The summed E-state index contributed by atoms with van der Waals surface area (Å²) < 4.78 is 11.3. The molecule has 0 unspecified atom stereocenters. The van der Waals surface area contributed by atoms with E-state index in [1.807, 2.05) is 13.0 Å². The number of nitrogens with zero attached hydrogens (tertiary/aromatic N) is 1. The first kappa shape index (κ1) is 14.5. The first-order valence-electron chi connectivity index (χ1n) is 6.90. The molecule has 1 aliphatic heterocycles. The molecule has 17 heavy (non-hydrogen) atoms. The second-order valence-corrected chi connectivity index (χ2v) is 4.65. The van der Waals surface area contributed by atoms with Gasteiger partial charge >= 0.3 is 0 Å². The fourth-order valence-electron chi connectivity index (χ4n) is 2.18. The summed E-state index contributed by atoms with van der Waals surface area (Å²) in [4.78, 5) is 2.52. The van der Waals surface area contributed by atoms with Crippen molar-refractivity contribution in [1.29, 1.82) is 0 Å². The minimum atomic E-state index is 0.421. The van der Waals surface area contributed by atoms with Gasteiger partial charge in [-0.3, -0.25) is 4.90 Å². The topological polar surface area (TPSA) is 21.7 Å². The lowest BCUT2D eigenvalue weighted by Gasteiger charge is -2.37. The van der Waals surface area contributed by atoms with Gasteiger partial charge in [0.05, 0.1) is 25.1 Å². The average molecular weight is 241 g/mol. The van der Waals surface area contributed by atoms with Crippen molar-refractivity contribution in [2.75, 3.05) is 26.2 Å². The van der Waals surface area contributed by atoms with Crippen LogP contribution in [0.4, 0.5) is 0 Å². The van der Waals surface area contributed by atoms with Crippen molar-refractivity contribution >= 4 is 0 Å². The highest BCUT2D eigenvalue weighted by atomic mass is 16.5. The van der Waals surface area contributed by atoms with Gasteiger partial charge in [0.1, 0.15) is 0 Å². The fraction of sp³-hybridized carbons (Fsp3) is 0.857. The lowest BCUT2D eigenvalue weighted by atomic mass is 10.1. The van der Waals surface area contributed by atoms with E-state index < -0.39 is 0 Å². The lowest BCUT2D eigenvalue weighted by Crippen LogP contribution is -2.47. The number of rotatable bonds is 7. The highest BCUT2D eigenvalue weighted by molar-refractivity contribution is 4.76. The Morgan fingerprint density at radius 2 is 1.88 bits per heavy atom. The summed E-state index contributed by atoms with van der Waals surface area (Å²) in [5, 5.41) is 0. The number of ether oxygens (including phenoxy) is 2. The van der Waals surface area contributed by atoms with Crippen LogP contribution in [0.15, 0.2) is 12.3 Å². The second kappa shape index (κ2) is 8.54. The molecule has 3 heteroatoms. The van der Waals surface area contributed by atoms with E-state index in [4.69, 9.17) is 9.47 Å². The van der Waals surface area contributed by atoms with Gasteiger partial charge in [-0.05, 0) is 26.2 Å². The van der Waals surface area contributed by atoms with Crippen molar-refractivity contribution in [3.05, 3.63) is 12.3 Å². The van der Waals surface area contributed by atoms with E-state index in [0.717, 1.165) is 45.5 Å². The summed E-state index contributed by atoms with van der Waals surface area (Å²) in [5.74, 6) is 0. The number of hydrogen-bond acceptors (Lipinski definition) is 3. The van der Waals surface area contributed by atoms with Crippen LogP contribution in [0.1, 0.15) is 40.0 Å². The average Bonchev–Trinajstić information content (AvgIpc) is 2.38. The van der Waals surface area contributed by atoms with Gasteiger partial charge in [-0.15, -0.1) is 0 Å². The van der Waals surface area contributed by atoms with Gasteiger partial charge in [0.15, 0.2) is 0 Å². The van der Waals surface area contributed by atoms with Gasteiger partial charge in [0.2, 0.25) is 0 Å². The normalized spacial score (nSPS) is 26.5. The van der Waals surface area contributed by atoms with Crippen LogP contribution in [0.2, 0.25) is 0 Å². The molecule has 1 saturated heterocycles. The van der Waals surface area contributed by atoms with Crippen molar-refractivity contribution in [2.45, 2.75) is 52.2 Å². The molecule has 1 heterocycles. The second-order valence-electron chi connectivity index (χ2n) is 4.65. The molecule has 0 N–H and O–H groups in total. The highest BCUT2D eigenvalue weighted by Crippen LogP contribution is 2.16. The van der Waals surface area contributed by atoms with Crippen molar-refractivity contribution in [3.63, 3.8) is 0 Å². The summed E-state index contributed by atoms with van der Waals surface area (Å²) in [6.07, 6.45) is 7.86. The van der Waals surface area contributed by atoms with Crippen molar-refractivity contribution in [2.24, 2.45) is 0 Å². The van der Waals surface area contributed by atoms with E-state index in [0.29, 0.717) is 12.2 Å². The van der Waals surface area contributed by atoms with E-state index in [-0.39, 0.29) is 0 Å². The van der Waals surface area contributed by atoms with Crippen molar-refractivity contribution < 1.29 is 9.47 Å². The molecular formula is C14H27NO2. The Bertz CT molecular complexity index is 206. The molecule has 0 spiro atoms. The fourth-order valence-corrected chi connectivity index (χ4v) is 2.18. The summed E-state index contributed by atoms with van der Waals surface area (Å²) in [6, 6.07) is 0. The molecule has 0 bridgehead atoms. The summed E-state index contributed by atoms with van der Waals surface area (Å²) >= 11 is 0. The minimum Gasteiger partial charge on any atom is -0.501 e. The Morgan fingerprint density at radius 1 is 1.24 bits per heavy atom. The Balaban J connectivity index is 2.22. The monoisotopic (exact) mass is 241 g/mol. The largest absolute Gasteiger partial charge is 0.501 e. The van der Waals surface area contributed by atoms with Gasteiger partial charge in [-0.2, -0.15) is 0 Å². The zero-order chi connectivity index (χ0) is 12.5. The van der Waals surface area contributed by atoms with E-state index in [1.165, 1.54) is 0 Å². The van der Waals surface area contributed by atoms with E-state index in [1.54, 1.807) is 6.26 Å². The molecule has 3 nitrogen and oxygen atoms in total. The Morgan fingerprint density at radius 3 is 2.41 bits per heavy atom. The van der Waals surface area contributed by atoms with Gasteiger partial charge in [0.25, 0.3) is 0 Å². The van der Waals surface area contributed by atoms with Crippen molar-refractivity contribution in [1.82, 2.24) is 4.90 Å². The molecule has 0 aliphatic carbocycles. The molecule has 100 valence electrons. The van der Waals surface area contributed by atoms with Crippen LogP contribution < -0.4 is 0 Å². The molecule has 0 aromatic carbocycles. The molecular weight excluding hydrogens is 214 g/mol. The van der Waals surface area contributed by atoms with E-state index in [2.05, 4.69) is 18.7 Å². The third kappa shape index (κ3) is 5.55. The Labute approximate surface area is 106 Å². The number of hydrogen-bond donors (Lipinski definition) is 0. The summed E-state index contributed by atoms with van der Waals surface area (Å²) in [5.41, 5.74) is 0. The smallest absolute Gasteiger partial charge is 0.0885 e. The quantitative estimate of drug-likeness (QED) is 0.505. The zero-order valence-electron chi connectivity index (χ0n) is 11.5. The standard InChI is InChI=1S/C14H27NO2/c1-4-9-16-10-7-8-15-11-13(5-2)17-14(6-3)12-15/h4,9,13-14H,5-8,10-12H2,1-3H3/b9-4-/t13-,14+. The first-order chi connectivity index (χ1) is 8.30. The predicted molar refractivity (Wildman–Crippen MR) is 71.1 cm³/mol. The third-order valence-corrected chi connectivity index (χ3v) is 3.19. The van der Waals surface area contributed by atoms with Crippen LogP contribution in [0.25, 0.3) is 0 Å². The van der Waals surface area contributed by atoms with Gasteiger partial charge < -0.3 is 9.47 Å². The molecule has 0 aromatic heterocycles. The molecule has 0 aromatic rings. The predicted octanol–water partition coefficient (Wildman–Crippen LogP) is 2.82. The molecule has 1 fully saturated rings. The number of morpholine rings is 1.